The van der Waals surface area contributed by atoms with Crippen LogP contribution in [0.3, 0.4) is 0 Å². The second kappa shape index (κ2) is 12.8. The molecular formula is C19H35IN4S. The van der Waals surface area contributed by atoms with Crippen LogP contribution in [0.1, 0.15) is 38.8 Å². The quantitative estimate of drug-likeness (QED) is 0.320. The van der Waals surface area contributed by atoms with Crippen LogP contribution in [0, 0.1) is 0 Å². The lowest BCUT2D eigenvalue weighted by atomic mass is 10.1. The first kappa shape index (κ1) is 24.5. The van der Waals surface area contributed by atoms with Crippen LogP contribution in [-0.4, -0.2) is 48.5 Å². The van der Waals surface area contributed by atoms with Gasteiger partial charge in [-0.15, -0.1) is 24.0 Å². The minimum Gasteiger partial charge on any atom is -0.357 e. The van der Waals surface area contributed by atoms with E-state index in [1.807, 2.05) is 11.8 Å². The molecular weight excluding hydrogens is 443 g/mol. The number of nitrogens with one attached hydrogen (secondary N) is 2. The van der Waals surface area contributed by atoms with Crippen LogP contribution in [0.5, 0.6) is 0 Å². The molecule has 0 spiro atoms. The number of halogens is 1. The van der Waals surface area contributed by atoms with Gasteiger partial charge in [-0.25, -0.2) is 4.99 Å². The van der Waals surface area contributed by atoms with Crippen LogP contribution in [-0.2, 0) is 13.1 Å². The van der Waals surface area contributed by atoms with E-state index in [2.05, 4.69) is 80.8 Å². The van der Waals surface area contributed by atoms with Crippen molar-refractivity contribution in [2.24, 2.45) is 4.99 Å². The van der Waals surface area contributed by atoms with Crippen molar-refractivity contribution in [1.82, 2.24) is 15.5 Å². The number of hydrogen-bond acceptors (Lipinski definition) is 3. The van der Waals surface area contributed by atoms with Crippen molar-refractivity contribution in [3.8, 4) is 0 Å². The van der Waals surface area contributed by atoms with Crippen molar-refractivity contribution in [2.75, 3.05) is 32.9 Å². The van der Waals surface area contributed by atoms with E-state index in [1.54, 1.807) is 0 Å². The summed E-state index contributed by atoms with van der Waals surface area (Å²) in [6.07, 6.45) is 2.14. The van der Waals surface area contributed by atoms with E-state index in [0.717, 1.165) is 32.1 Å². The van der Waals surface area contributed by atoms with Gasteiger partial charge in [-0.1, -0.05) is 31.2 Å². The lowest BCUT2D eigenvalue weighted by Crippen LogP contribution is -2.43. The molecule has 0 fully saturated rings. The van der Waals surface area contributed by atoms with Crippen LogP contribution in [0.25, 0.3) is 0 Å². The fraction of sp³-hybridized carbons (Fsp3) is 0.632. The molecule has 0 aliphatic rings. The van der Waals surface area contributed by atoms with E-state index in [9.17, 15) is 0 Å². The predicted molar refractivity (Wildman–Crippen MR) is 124 cm³/mol. The Morgan fingerprint density at radius 2 is 1.88 bits per heavy atom. The van der Waals surface area contributed by atoms with E-state index in [0.29, 0.717) is 6.54 Å². The van der Waals surface area contributed by atoms with Gasteiger partial charge in [0.2, 0.25) is 0 Å². The van der Waals surface area contributed by atoms with Crippen molar-refractivity contribution >= 4 is 41.7 Å². The number of aliphatic imine (C=N–C) groups is 1. The Labute approximate surface area is 175 Å². The Balaban J connectivity index is 0.00000576. The lowest BCUT2D eigenvalue weighted by Gasteiger charge is -2.23. The third-order valence-electron chi connectivity index (χ3n) is 3.98. The van der Waals surface area contributed by atoms with Gasteiger partial charge in [-0.05, 0) is 51.7 Å². The van der Waals surface area contributed by atoms with Crippen LogP contribution in [0.2, 0.25) is 0 Å². The summed E-state index contributed by atoms with van der Waals surface area (Å²) in [7, 11) is 2.14. The van der Waals surface area contributed by atoms with Crippen LogP contribution < -0.4 is 10.6 Å². The largest absolute Gasteiger partial charge is 0.357 e. The maximum atomic E-state index is 4.73. The molecule has 25 heavy (non-hydrogen) atoms. The Morgan fingerprint density at radius 3 is 2.48 bits per heavy atom. The molecule has 0 radical (unpaired) electrons. The molecule has 4 nitrogen and oxygen atoms in total. The molecule has 0 aliphatic carbocycles. The summed E-state index contributed by atoms with van der Waals surface area (Å²) in [6.45, 7) is 13.2. The average Bonchev–Trinajstić information content (AvgIpc) is 2.57. The molecule has 0 heterocycles. The average molecular weight is 478 g/mol. The first-order chi connectivity index (χ1) is 11.4. The Hall–Kier alpha value is -0.470. The molecule has 2 N–H and O–H groups in total. The highest BCUT2D eigenvalue weighted by molar-refractivity contribution is 14.0. The molecule has 1 aromatic rings. The highest BCUT2D eigenvalue weighted by Gasteiger charge is 2.16. The smallest absolute Gasteiger partial charge is 0.191 e. The molecule has 1 aromatic carbocycles. The zero-order valence-electron chi connectivity index (χ0n) is 16.6. The Bertz CT molecular complexity index is 520. The van der Waals surface area contributed by atoms with E-state index < -0.39 is 0 Å². The van der Waals surface area contributed by atoms with Crippen molar-refractivity contribution in [1.29, 1.82) is 0 Å². The van der Waals surface area contributed by atoms with Gasteiger partial charge in [-0.3, -0.25) is 0 Å². The summed E-state index contributed by atoms with van der Waals surface area (Å²) in [5.74, 6) is 0.885. The molecule has 0 saturated heterocycles. The molecule has 6 heteroatoms. The number of rotatable bonds is 9. The minimum atomic E-state index is 0. The zero-order valence-corrected chi connectivity index (χ0v) is 19.7. The molecule has 1 rings (SSSR count). The number of benzene rings is 1. The molecule has 0 saturated carbocycles. The standard InChI is InChI=1S/C19H34N4S.HI/c1-7-20-18(22-15-19(3,4)24-6)21-13-16-10-9-11-17(12-16)14-23(5)8-2;/h9-12H,7-8,13-15H2,1-6H3,(H2,20,21,22);1H. The Morgan fingerprint density at radius 1 is 1.20 bits per heavy atom. The van der Waals surface area contributed by atoms with Crippen molar-refractivity contribution < 1.29 is 0 Å². The highest BCUT2D eigenvalue weighted by Crippen LogP contribution is 2.19. The third-order valence-corrected chi connectivity index (χ3v) is 5.23. The number of guanidine groups is 1. The second-order valence-electron chi connectivity index (χ2n) is 6.66. The molecule has 0 atom stereocenters. The van der Waals surface area contributed by atoms with E-state index in [4.69, 9.17) is 4.99 Å². The van der Waals surface area contributed by atoms with Gasteiger partial charge >= 0.3 is 0 Å². The third kappa shape index (κ3) is 10.3. The van der Waals surface area contributed by atoms with Crippen LogP contribution >= 0.6 is 35.7 Å². The topological polar surface area (TPSA) is 39.7 Å². The SMILES string of the molecule is CCNC(=NCc1cccc(CN(C)CC)c1)NCC(C)(C)SC.I. The molecule has 0 unspecified atom stereocenters. The summed E-state index contributed by atoms with van der Waals surface area (Å²) in [5.41, 5.74) is 2.59. The van der Waals surface area contributed by atoms with Gasteiger partial charge in [0.1, 0.15) is 0 Å². The fourth-order valence-electron chi connectivity index (χ4n) is 2.13. The number of thioether (sulfide) groups is 1. The van der Waals surface area contributed by atoms with Gasteiger partial charge in [-0.2, -0.15) is 11.8 Å². The Kier molecular flexibility index (Phi) is 12.6. The van der Waals surface area contributed by atoms with Gasteiger partial charge in [0.05, 0.1) is 6.54 Å². The molecule has 0 aliphatic heterocycles. The van der Waals surface area contributed by atoms with E-state index >= 15 is 0 Å². The molecule has 0 amide bonds. The summed E-state index contributed by atoms with van der Waals surface area (Å²) in [4.78, 5) is 7.04. The summed E-state index contributed by atoms with van der Waals surface area (Å²) < 4.78 is 0.195. The van der Waals surface area contributed by atoms with Crippen molar-refractivity contribution in [3.63, 3.8) is 0 Å². The van der Waals surface area contributed by atoms with E-state index in [1.165, 1.54) is 11.1 Å². The summed E-state index contributed by atoms with van der Waals surface area (Å²) >= 11 is 1.86. The van der Waals surface area contributed by atoms with E-state index in [-0.39, 0.29) is 28.7 Å². The molecule has 0 aromatic heterocycles. The van der Waals surface area contributed by atoms with Crippen LogP contribution in [0.4, 0.5) is 0 Å². The predicted octanol–water partition coefficient (Wildman–Crippen LogP) is 3.95. The second-order valence-corrected chi connectivity index (χ2v) is 8.18. The first-order valence-electron chi connectivity index (χ1n) is 8.74. The summed E-state index contributed by atoms with van der Waals surface area (Å²) in [5, 5.41) is 6.77. The maximum Gasteiger partial charge on any atom is 0.191 e. The fourth-order valence-corrected chi connectivity index (χ4v) is 2.35. The van der Waals surface area contributed by atoms with Crippen LogP contribution in [0.15, 0.2) is 29.3 Å². The first-order valence-corrected chi connectivity index (χ1v) is 9.96. The van der Waals surface area contributed by atoms with Crippen molar-refractivity contribution in [2.45, 2.75) is 45.5 Å². The van der Waals surface area contributed by atoms with Gasteiger partial charge in [0.25, 0.3) is 0 Å². The highest BCUT2D eigenvalue weighted by atomic mass is 127. The maximum absolute atomic E-state index is 4.73. The lowest BCUT2D eigenvalue weighted by molar-refractivity contribution is 0.345. The monoisotopic (exact) mass is 478 g/mol. The van der Waals surface area contributed by atoms with Crippen molar-refractivity contribution in [3.05, 3.63) is 35.4 Å². The number of hydrogen-bond donors (Lipinski definition) is 2. The van der Waals surface area contributed by atoms with Gasteiger partial charge in [0.15, 0.2) is 5.96 Å². The van der Waals surface area contributed by atoms with Gasteiger partial charge in [0, 0.05) is 24.4 Å². The zero-order chi connectivity index (χ0) is 18.0. The molecule has 144 valence electrons. The normalized spacial score (nSPS) is 12.0. The number of nitrogens with zero attached hydrogens (tertiary/aromatic N) is 2. The van der Waals surface area contributed by atoms with Gasteiger partial charge < -0.3 is 15.5 Å². The minimum absolute atomic E-state index is 0. The molecule has 0 bridgehead atoms. The summed E-state index contributed by atoms with van der Waals surface area (Å²) in [6, 6.07) is 8.71.